The molecule has 2 amide bonds. The van der Waals surface area contributed by atoms with Crippen molar-refractivity contribution in [2.24, 2.45) is 13.0 Å². The molecule has 1 aromatic rings. The summed E-state index contributed by atoms with van der Waals surface area (Å²) < 4.78 is 1.68. The highest BCUT2D eigenvalue weighted by atomic mass is 16.4. The summed E-state index contributed by atoms with van der Waals surface area (Å²) >= 11 is 0. The Morgan fingerprint density at radius 2 is 2.14 bits per heavy atom. The Balaban J connectivity index is 2.15. The average Bonchev–Trinajstić information content (AvgIpc) is 2.86. The molecule has 1 unspecified atom stereocenters. The minimum Gasteiger partial charge on any atom is -0.481 e. The summed E-state index contributed by atoms with van der Waals surface area (Å²) in [5.74, 6) is -0.435. The van der Waals surface area contributed by atoms with Gasteiger partial charge in [-0.1, -0.05) is 13.3 Å². The quantitative estimate of drug-likeness (QED) is 0.643. The van der Waals surface area contributed by atoms with Gasteiger partial charge in [-0.25, -0.2) is 4.79 Å². The third-order valence-corrected chi connectivity index (χ3v) is 3.39. The first-order valence-electron chi connectivity index (χ1n) is 7.22. The van der Waals surface area contributed by atoms with Crippen LogP contribution in [0.4, 0.5) is 4.79 Å². The molecule has 0 aliphatic carbocycles. The van der Waals surface area contributed by atoms with Gasteiger partial charge in [-0.3, -0.25) is 9.48 Å². The largest absolute Gasteiger partial charge is 0.481 e. The van der Waals surface area contributed by atoms with Crippen LogP contribution < -0.4 is 10.6 Å². The van der Waals surface area contributed by atoms with Crippen LogP contribution in [-0.4, -0.2) is 33.4 Å². The van der Waals surface area contributed by atoms with E-state index in [1.54, 1.807) is 10.9 Å². The molecular weight excluding hydrogens is 272 g/mol. The molecule has 7 nitrogen and oxygen atoms in total. The molecule has 3 N–H and O–H groups in total. The number of carboxylic acid groups (broad SMARTS) is 1. The SMILES string of the molecule is CCC(CCNC(=O)NCc1cnn(C)c1)CCC(=O)O. The molecule has 1 heterocycles. The highest BCUT2D eigenvalue weighted by molar-refractivity contribution is 5.73. The first-order chi connectivity index (χ1) is 10.0. The van der Waals surface area contributed by atoms with Gasteiger partial charge in [0.25, 0.3) is 0 Å². The van der Waals surface area contributed by atoms with Crippen molar-refractivity contribution >= 4 is 12.0 Å². The van der Waals surface area contributed by atoms with Gasteiger partial charge in [-0.05, 0) is 18.8 Å². The Kier molecular flexibility index (Phi) is 7.28. The maximum Gasteiger partial charge on any atom is 0.315 e. The molecule has 0 aromatic carbocycles. The third kappa shape index (κ3) is 7.34. The van der Waals surface area contributed by atoms with Gasteiger partial charge < -0.3 is 15.7 Å². The van der Waals surface area contributed by atoms with E-state index in [0.717, 1.165) is 18.4 Å². The van der Waals surface area contributed by atoms with Crippen LogP contribution in [0.2, 0.25) is 0 Å². The van der Waals surface area contributed by atoms with Crippen LogP contribution in [0.15, 0.2) is 12.4 Å². The summed E-state index contributed by atoms with van der Waals surface area (Å²) in [7, 11) is 1.82. The molecule has 7 heteroatoms. The number of amides is 2. The van der Waals surface area contributed by atoms with Gasteiger partial charge in [-0.2, -0.15) is 5.10 Å². The number of rotatable bonds is 9. The van der Waals surface area contributed by atoms with Gasteiger partial charge in [0.1, 0.15) is 0 Å². The zero-order valence-corrected chi connectivity index (χ0v) is 12.6. The summed E-state index contributed by atoms with van der Waals surface area (Å²) in [6.07, 6.45) is 6.12. The summed E-state index contributed by atoms with van der Waals surface area (Å²) in [5.41, 5.74) is 0.945. The van der Waals surface area contributed by atoms with Crippen molar-refractivity contribution in [3.05, 3.63) is 18.0 Å². The van der Waals surface area contributed by atoms with E-state index in [0.29, 0.717) is 25.4 Å². The number of aliphatic carboxylic acids is 1. The number of carbonyl (C=O) groups is 2. The number of carboxylic acids is 1. The molecule has 0 spiro atoms. The zero-order valence-electron chi connectivity index (χ0n) is 12.6. The van der Waals surface area contributed by atoms with E-state index in [2.05, 4.69) is 15.7 Å². The molecule has 1 aromatic heterocycles. The van der Waals surface area contributed by atoms with Crippen molar-refractivity contribution in [3.63, 3.8) is 0 Å². The minimum absolute atomic E-state index is 0.186. The van der Waals surface area contributed by atoms with Crippen LogP contribution in [0, 0.1) is 5.92 Å². The predicted molar refractivity (Wildman–Crippen MR) is 78.7 cm³/mol. The van der Waals surface area contributed by atoms with Crippen molar-refractivity contribution in [1.82, 2.24) is 20.4 Å². The summed E-state index contributed by atoms with van der Waals surface area (Å²) in [6, 6.07) is -0.216. The fourth-order valence-electron chi connectivity index (χ4n) is 2.08. The fourth-order valence-corrected chi connectivity index (χ4v) is 2.08. The van der Waals surface area contributed by atoms with Crippen LogP contribution in [-0.2, 0) is 18.4 Å². The summed E-state index contributed by atoms with van der Waals surface area (Å²) in [5, 5.41) is 18.2. The van der Waals surface area contributed by atoms with Gasteiger partial charge in [0.2, 0.25) is 0 Å². The highest BCUT2D eigenvalue weighted by Gasteiger charge is 2.09. The van der Waals surface area contributed by atoms with Gasteiger partial charge in [-0.15, -0.1) is 0 Å². The smallest absolute Gasteiger partial charge is 0.315 e. The number of hydrogen-bond donors (Lipinski definition) is 3. The van der Waals surface area contributed by atoms with Crippen LogP contribution in [0.5, 0.6) is 0 Å². The number of aromatic nitrogens is 2. The van der Waals surface area contributed by atoms with Gasteiger partial charge >= 0.3 is 12.0 Å². The number of carbonyl (C=O) groups excluding carboxylic acids is 1. The second kappa shape index (κ2) is 8.99. The number of hydrogen-bond acceptors (Lipinski definition) is 3. The monoisotopic (exact) mass is 296 g/mol. The van der Waals surface area contributed by atoms with Crippen molar-refractivity contribution in [1.29, 1.82) is 0 Å². The molecule has 0 aliphatic rings. The second-order valence-electron chi connectivity index (χ2n) is 5.13. The zero-order chi connectivity index (χ0) is 15.7. The van der Waals surface area contributed by atoms with E-state index in [1.807, 2.05) is 20.2 Å². The van der Waals surface area contributed by atoms with Gasteiger partial charge in [0.05, 0.1) is 6.20 Å². The standard InChI is InChI=1S/C14H24N4O3/c1-3-11(4-5-13(19)20)6-7-15-14(21)16-8-12-9-17-18(2)10-12/h9-11H,3-8H2,1-2H3,(H,19,20)(H2,15,16,21). The van der Waals surface area contributed by atoms with E-state index in [-0.39, 0.29) is 12.5 Å². The van der Waals surface area contributed by atoms with Crippen molar-refractivity contribution in [2.75, 3.05) is 6.54 Å². The number of nitrogens with zero attached hydrogens (tertiary/aromatic N) is 2. The second-order valence-corrected chi connectivity index (χ2v) is 5.13. The summed E-state index contributed by atoms with van der Waals surface area (Å²) in [6.45, 7) is 3.03. The molecule has 0 saturated carbocycles. The normalized spacial score (nSPS) is 11.9. The van der Waals surface area contributed by atoms with Crippen LogP contribution in [0.1, 0.15) is 38.2 Å². The third-order valence-electron chi connectivity index (χ3n) is 3.39. The molecule has 0 saturated heterocycles. The minimum atomic E-state index is -0.768. The van der Waals surface area contributed by atoms with Crippen molar-refractivity contribution in [2.45, 2.75) is 39.2 Å². The number of urea groups is 1. The summed E-state index contributed by atoms with van der Waals surface area (Å²) in [4.78, 5) is 22.2. The van der Waals surface area contributed by atoms with Crippen molar-refractivity contribution < 1.29 is 14.7 Å². The first kappa shape index (κ1) is 17.0. The van der Waals surface area contributed by atoms with E-state index in [9.17, 15) is 9.59 Å². The molecule has 0 aliphatic heterocycles. The maximum atomic E-state index is 11.6. The molecule has 1 atom stereocenters. The van der Waals surface area contributed by atoms with E-state index in [1.165, 1.54) is 0 Å². The molecule has 21 heavy (non-hydrogen) atoms. The predicted octanol–water partition coefficient (Wildman–Crippen LogP) is 1.50. The molecule has 0 bridgehead atoms. The van der Waals surface area contributed by atoms with Crippen LogP contribution in [0.25, 0.3) is 0 Å². The maximum absolute atomic E-state index is 11.6. The van der Waals surface area contributed by atoms with Crippen LogP contribution in [0.3, 0.4) is 0 Å². The Hall–Kier alpha value is -2.05. The van der Waals surface area contributed by atoms with E-state index in [4.69, 9.17) is 5.11 Å². The molecular formula is C14H24N4O3. The lowest BCUT2D eigenvalue weighted by Gasteiger charge is -2.14. The topological polar surface area (TPSA) is 96.3 Å². The molecule has 1 rings (SSSR count). The lowest BCUT2D eigenvalue weighted by Crippen LogP contribution is -2.36. The van der Waals surface area contributed by atoms with Gasteiger partial charge in [0.15, 0.2) is 0 Å². The Bertz CT molecular complexity index is 459. The van der Waals surface area contributed by atoms with Crippen LogP contribution >= 0.6 is 0 Å². The Morgan fingerprint density at radius 1 is 1.38 bits per heavy atom. The van der Waals surface area contributed by atoms with Gasteiger partial charge in [0, 0.05) is 38.3 Å². The van der Waals surface area contributed by atoms with Crippen molar-refractivity contribution in [3.8, 4) is 0 Å². The Morgan fingerprint density at radius 3 is 2.71 bits per heavy atom. The lowest BCUT2D eigenvalue weighted by molar-refractivity contribution is -0.137. The highest BCUT2D eigenvalue weighted by Crippen LogP contribution is 2.14. The first-order valence-corrected chi connectivity index (χ1v) is 7.22. The Labute approximate surface area is 124 Å². The lowest BCUT2D eigenvalue weighted by atomic mass is 9.97. The van der Waals surface area contributed by atoms with E-state index < -0.39 is 5.97 Å². The number of nitrogens with one attached hydrogen (secondary N) is 2. The molecule has 118 valence electrons. The average molecular weight is 296 g/mol. The molecule has 0 radical (unpaired) electrons. The fraction of sp³-hybridized carbons (Fsp3) is 0.643. The van der Waals surface area contributed by atoms with E-state index >= 15 is 0 Å². The number of aryl methyl sites for hydroxylation is 1. The molecule has 0 fully saturated rings.